The maximum atomic E-state index is 11.8. The number of carbonyl (C=O) groups is 2. The number of nitrogens with zero attached hydrogens (tertiary/aromatic N) is 1. The third-order valence-electron chi connectivity index (χ3n) is 3.29. The van der Waals surface area contributed by atoms with Gasteiger partial charge in [-0.05, 0) is 19.3 Å². The first-order valence-corrected chi connectivity index (χ1v) is 6.33. The normalized spacial score (nSPS) is 20.4. The minimum absolute atomic E-state index is 0.117. The second kappa shape index (κ2) is 7.20. The van der Waals surface area contributed by atoms with Crippen molar-refractivity contribution in [1.29, 1.82) is 0 Å². The molecule has 104 valence electrons. The number of likely N-dealkylation sites (N-methyl/N-ethyl adjacent to an activating group) is 1. The van der Waals surface area contributed by atoms with Crippen molar-refractivity contribution in [2.75, 3.05) is 26.8 Å². The lowest BCUT2D eigenvalue weighted by molar-refractivity contribution is -0.141. The summed E-state index contributed by atoms with van der Waals surface area (Å²) in [4.78, 5) is 24.0. The maximum absolute atomic E-state index is 11.8. The summed E-state index contributed by atoms with van der Waals surface area (Å²) >= 11 is 0. The van der Waals surface area contributed by atoms with Gasteiger partial charge in [-0.15, -0.1) is 0 Å². The number of urea groups is 1. The van der Waals surface area contributed by atoms with E-state index < -0.39 is 5.97 Å². The van der Waals surface area contributed by atoms with Crippen LogP contribution in [0.15, 0.2) is 0 Å². The van der Waals surface area contributed by atoms with Crippen molar-refractivity contribution in [3.05, 3.63) is 0 Å². The van der Waals surface area contributed by atoms with E-state index in [2.05, 4.69) is 5.32 Å². The van der Waals surface area contributed by atoms with Crippen LogP contribution < -0.4 is 5.32 Å². The highest BCUT2D eigenvalue weighted by molar-refractivity contribution is 5.74. The van der Waals surface area contributed by atoms with Crippen molar-refractivity contribution in [2.24, 2.45) is 5.92 Å². The minimum atomic E-state index is -0.790. The first-order chi connectivity index (χ1) is 8.52. The molecule has 1 heterocycles. The maximum Gasteiger partial charge on any atom is 0.317 e. The lowest BCUT2D eigenvalue weighted by Gasteiger charge is -2.23. The van der Waals surface area contributed by atoms with Crippen molar-refractivity contribution in [1.82, 2.24) is 10.2 Å². The fraction of sp³-hybridized carbons (Fsp3) is 0.833. The Hall–Kier alpha value is -1.30. The van der Waals surface area contributed by atoms with Crippen molar-refractivity contribution in [2.45, 2.75) is 32.2 Å². The van der Waals surface area contributed by atoms with Gasteiger partial charge in [-0.1, -0.05) is 6.92 Å². The first kappa shape index (κ1) is 14.8. The molecule has 1 saturated heterocycles. The van der Waals surface area contributed by atoms with Gasteiger partial charge >= 0.3 is 12.0 Å². The van der Waals surface area contributed by atoms with Crippen LogP contribution in [-0.2, 0) is 9.53 Å². The van der Waals surface area contributed by atoms with E-state index in [1.54, 1.807) is 18.9 Å². The summed E-state index contributed by atoms with van der Waals surface area (Å²) in [5.74, 6) is -1.15. The number of aliphatic carboxylic acids is 1. The molecular weight excluding hydrogens is 236 g/mol. The van der Waals surface area contributed by atoms with E-state index in [0.717, 1.165) is 6.42 Å². The second-order valence-corrected chi connectivity index (χ2v) is 4.74. The van der Waals surface area contributed by atoms with Crippen molar-refractivity contribution < 1.29 is 19.4 Å². The van der Waals surface area contributed by atoms with Crippen LogP contribution in [0.3, 0.4) is 0 Å². The average molecular weight is 258 g/mol. The largest absolute Gasteiger partial charge is 0.481 e. The number of hydrogen-bond donors (Lipinski definition) is 2. The van der Waals surface area contributed by atoms with Gasteiger partial charge in [-0.2, -0.15) is 0 Å². The molecule has 0 aromatic carbocycles. The molecule has 0 aromatic heterocycles. The number of amides is 2. The van der Waals surface area contributed by atoms with Crippen LogP contribution in [0.4, 0.5) is 4.79 Å². The Kier molecular flexibility index (Phi) is 5.91. The summed E-state index contributed by atoms with van der Waals surface area (Å²) in [5.41, 5.74) is 0. The van der Waals surface area contributed by atoms with Gasteiger partial charge < -0.3 is 20.1 Å². The summed E-state index contributed by atoms with van der Waals surface area (Å²) in [5, 5.41) is 11.5. The summed E-state index contributed by atoms with van der Waals surface area (Å²) < 4.78 is 5.22. The second-order valence-electron chi connectivity index (χ2n) is 4.74. The molecule has 0 radical (unpaired) electrons. The molecule has 0 aliphatic carbocycles. The Morgan fingerprint density at radius 3 is 2.83 bits per heavy atom. The van der Waals surface area contributed by atoms with E-state index in [1.807, 2.05) is 0 Å². The van der Waals surface area contributed by atoms with Crippen molar-refractivity contribution in [3.8, 4) is 0 Å². The third-order valence-corrected chi connectivity index (χ3v) is 3.29. The van der Waals surface area contributed by atoms with Crippen LogP contribution in [0.25, 0.3) is 0 Å². The molecule has 6 heteroatoms. The minimum Gasteiger partial charge on any atom is -0.481 e. The number of carboxylic acid groups (broad SMARTS) is 1. The molecule has 1 rings (SSSR count). The Labute approximate surface area is 107 Å². The van der Waals surface area contributed by atoms with E-state index in [9.17, 15) is 9.59 Å². The lowest BCUT2D eigenvalue weighted by Crippen LogP contribution is -2.44. The monoisotopic (exact) mass is 258 g/mol. The van der Waals surface area contributed by atoms with Crippen molar-refractivity contribution in [3.63, 3.8) is 0 Å². The van der Waals surface area contributed by atoms with Gasteiger partial charge in [-0.3, -0.25) is 4.79 Å². The van der Waals surface area contributed by atoms with Gasteiger partial charge in [-0.25, -0.2) is 4.79 Å². The van der Waals surface area contributed by atoms with E-state index in [-0.39, 0.29) is 18.0 Å². The van der Waals surface area contributed by atoms with Gasteiger partial charge in [0.15, 0.2) is 0 Å². The average Bonchev–Trinajstić information content (AvgIpc) is 2.86. The molecule has 18 heavy (non-hydrogen) atoms. The zero-order valence-electron chi connectivity index (χ0n) is 11.0. The Morgan fingerprint density at radius 2 is 2.28 bits per heavy atom. The number of rotatable bonds is 6. The molecule has 0 spiro atoms. The van der Waals surface area contributed by atoms with E-state index in [4.69, 9.17) is 9.84 Å². The lowest BCUT2D eigenvalue weighted by atomic mass is 10.1. The highest BCUT2D eigenvalue weighted by Crippen LogP contribution is 2.10. The standard InChI is InChI=1S/C12H22N2O4/c1-9(11(15)16)4-3-6-13-12(17)14(2)10-5-7-18-8-10/h9-10H,3-8H2,1-2H3,(H,13,17)(H,15,16). The fourth-order valence-electron chi connectivity index (χ4n) is 1.85. The molecule has 2 amide bonds. The molecule has 6 nitrogen and oxygen atoms in total. The third kappa shape index (κ3) is 4.52. The van der Waals surface area contributed by atoms with Gasteiger partial charge in [0.25, 0.3) is 0 Å². The molecule has 1 fully saturated rings. The van der Waals surface area contributed by atoms with Crippen LogP contribution >= 0.6 is 0 Å². The quantitative estimate of drug-likeness (QED) is 0.694. The molecule has 2 N–H and O–H groups in total. The highest BCUT2D eigenvalue weighted by atomic mass is 16.5. The molecule has 1 aliphatic rings. The summed E-state index contributed by atoms with van der Waals surface area (Å²) in [6.45, 7) is 3.49. The number of carbonyl (C=O) groups excluding carboxylic acids is 1. The number of carboxylic acids is 1. The van der Waals surface area contributed by atoms with Gasteiger partial charge in [0.1, 0.15) is 0 Å². The van der Waals surface area contributed by atoms with E-state index in [1.165, 1.54) is 0 Å². The molecule has 0 saturated carbocycles. The summed E-state index contributed by atoms with van der Waals surface area (Å²) in [6.07, 6.45) is 2.13. The predicted molar refractivity (Wildman–Crippen MR) is 66.4 cm³/mol. The van der Waals surface area contributed by atoms with Crippen LogP contribution in [0.2, 0.25) is 0 Å². The van der Waals surface area contributed by atoms with Gasteiger partial charge in [0.05, 0.1) is 18.6 Å². The zero-order valence-corrected chi connectivity index (χ0v) is 11.0. The molecule has 0 aromatic rings. The van der Waals surface area contributed by atoms with Gasteiger partial charge in [0.2, 0.25) is 0 Å². The first-order valence-electron chi connectivity index (χ1n) is 6.33. The number of hydrogen-bond acceptors (Lipinski definition) is 3. The van der Waals surface area contributed by atoms with Crippen LogP contribution in [-0.4, -0.2) is 54.9 Å². The van der Waals surface area contributed by atoms with Crippen LogP contribution in [0.1, 0.15) is 26.2 Å². The van der Waals surface area contributed by atoms with Crippen molar-refractivity contribution >= 4 is 12.0 Å². The molecule has 2 atom stereocenters. The zero-order chi connectivity index (χ0) is 13.5. The van der Waals surface area contributed by atoms with Crippen LogP contribution in [0.5, 0.6) is 0 Å². The Bertz CT molecular complexity index is 290. The summed E-state index contributed by atoms with van der Waals surface area (Å²) in [6, 6.07) is 0.0384. The fourth-order valence-corrected chi connectivity index (χ4v) is 1.85. The predicted octanol–water partition coefficient (Wildman–Crippen LogP) is 0.918. The Morgan fingerprint density at radius 1 is 1.56 bits per heavy atom. The Balaban J connectivity index is 2.14. The summed E-state index contributed by atoms with van der Waals surface area (Å²) in [7, 11) is 1.76. The molecule has 1 aliphatic heterocycles. The highest BCUT2D eigenvalue weighted by Gasteiger charge is 2.23. The smallest absolute Gasteiger partial charge is 0.317 e. The van der Waals surface area contributed by atoms with Gasteiger partial charge in [0, 0.05) is 20.2 Å². The molecule has 0 bridgehead atoms. The van der Waals surface area contributed by atoms with Crippen LogP contribution in [0, 0.1) is 5.92 Å². The number of ether oxygens (including phenoxy) is 1. The topological polar surface area (TPSA) is 78.9 Å². The van der Waals surface area contributed by atoms with E-state index in [0.29, 0.717) is 32.6 Å². The SMILES string of the molecule is CC(CCCNC(=O)N(C)C1CCOC1)C(=O)O. The van der Waals surface area contributed by atoms with E-state index >= 15 is 0 Å². The molecular formula is C12H22N2O4. The molecule has 2 unspecified atom stereocenters. The number of nitrogens with one attached hydrogen (secondary N) is 1.